The molecule has 1 fully saturated rings. The highest BCUT2D eigenvalue weighted by molar-refractivity contribution is 5.93. The van der Waals surface area contributed by atoms with E-state index in [4.69, 9.17) is 4.74 Å². The van der Waals surface area contributed by atoms with Gasteiger partial charge in [0.2, 0.25) is 5.88 Å². The van der Waals surface area contributed by atoms with Gasteiger partial charge in [-0.25, -0.2) is 13.5 Å². The number of aliphatic hydroxyl groups excluding tert-OH is 1. The number of hydrogen-bond donors (Lipinski definition) is 1. The first-order valence-corrected chi connectivity index (χ1v) is 7.42. The summed E-state index contributed by atoms with van der Waals surface area (Å²) in [6.07, 6.45) is -0.487. The van der Waals surface area contributed by atoms with Crippen molar-refractivity contribution in [1.29, 1.82) is 0 Å². The van der Waals surface area contributed by atoms with Crippen molar-refractivity contribution < 1.29 is 23.4 Å². The van der Waals surface area contributed by atoms with Crippen LogP contribution in [0.4, 0.5) is 8.78 Å². The molecule has 3 rings (SSSR count). The van der Waals surface area contributed by atoms with Gasteiger partial charge in [0.1, 0.15) is 0 Å². The van der Waals surface area contributed by atoms with Crippen molar-refractivity contribution in [3.8, 4) is 5.88 Å². The molecular weight excluding hydrogens is 320 g/mol. The van der Waals surface area contributed by atoms with E-state index in [-0.39, 0.29) is 18.7 Å². The SMILES string of the molecule is COc1cc(C(=O)N2C[C@H](O)C[C@@H]2c2ccc(F)c(F)c2)nn1C. The minimum absolute atomic E-state index is 0.0986. The fourth-order valence-electron chi connectivity index (χ4n) is 2.97. The van der Waals surface area contributed by atoms with Crippen LogP contribution in [0.5, 0.6) is 5.88 Å². The number of amides is 1. The van der Waals surface area contributed by atoms with Crippen molar-refractivity contribution in [3.63, 3.8) is 0 Å². The summed E-state index contributed by atoms with van der Waals surface area (Å²) in [6, 6.07) is 4.44. The van der Waals surface area contributed by atoms with Crippen molar-refractivity contribution in [2.24, 2.45) is 7.05 Å². The molecule has 0 spiro atoms. The van der Waals surface area contributed by atoms with Crippen LogP contribution in [-0.4, -0.2) is 45.5 Å². The maximum Gasteiger partial charge on any atom is 0.275 e. The minimum atomic E-state index is -0.985. The molecule has 1 aliphatic heterocycles. The Bertz CT molecular complexity index is 778. The normalized spacial score (nSPS) is 20.5. The summed E-state index contributed by atoms with van der Waals surface area (Å²) in [6.45, 7) is 0.0986. The lowest BCUT2D eigenvalue weighted by atomic mass is 10.0. The van der Waals surface area contributed by atoms with Gasteiger partial charge in [0.25, 0.3) is 5.91 Å². The van der Waals surface area contributed by atoms with E-state index in [1.54, 1.807) is 7.05 Å². The number of hydrogen-bond acceptors (Lipinski definition) is 4. The van der Waals surface area contributed by atoms with Gasteiger partial charge in [-0.2, -0.15) is 5.10 Å². The van der Waals surface area contributed by atoms with Crippen molar-refractivity contribution in [2.75, 3.05) is 13.7 Å². The average Bonchev–Trinajstić information content (AvgIpc) is 3.12. The fourth-order valence-corrected chi connectivity index (χ4v) is 2.97. The zero-order valence-corrected chi connectivity index (χ0v) is 13.2. The molecule has 0 bridgehead atoms. The molecule has 2 heterocycles. The largest absolute Gasteiger partial charge is 0.481 e. The number of nitrogens with zero attached hydrogens (tertiary/aromatic N) is 3. The van der Waals surface area contributed by atoms with E-state index in [0.29, 0.717) is 11.4 Å². The second-order valence-corrected chi connectivity index (χ2v) is 5.73. The number of β-amino-alcohol motifs (C(OH)–C–C–N with tert-alkyl or cyclic N) is 1. The number of halogens is 2. The van der Waals surface area contributed by atoms with E-state index >= 15 is 0 Å². The standard InChI is InChI=1S/C16H17F2N3O3/c1-20-15(24-2)7-13(19-20)16(23)21-8-10(22)6-14(21)9-3-4-11(17)12(18)5-9/h3-5,7,10,14,22H,6,8H2,1-2H3/t10-,14-/m1/s1. The summed E-state index contributed by atoms with van der Waals surface area (Å²) in [5.74, 6) is -1.92. The Morgan fingerprint density at radius 1 is 1.33 bits per heavy atom. The van der Waals surface area contributed by atoms with E-state index in [1.807, 2.05) is 0 Å². The molecule has 6 nitrogen and oxygen atoms in total. The molecule has 1 aromatic heterocycles. The number of aliphatic hydroxyl groups is 1. The number of carbonyl (C=O) groups excluding carboxylic acids is 1. The van der Waals surface area contributed by atoms with E-state index in [9.17, 15) is 18.7 Å². The highest BCUT2D eigenvalue weighted by Crippen LogP contribution is 2.34. The summed E-state index contributed by atoms with van der Waals surface area (Å²) < 4.78 is 33.2. The van der Waals surface area contributed by atoms with Gasteiger partial charge in [-0.1, -0.05) is 6.07 Å². The smallest absolute Gasteiger partial charge is 0.275 e. The second-order valence-electron chi connectivity index (χ2n) is 5.73. The molecule has 1 aromatic carbocycles. The molecule has 1 amide bonds. The number of aryl methyl sites for hydroxylation is 1. The summed E-state index contributed by atoms with van der Waals surface area (Å²) in [5.41, 5.74) is 0.595. The summed E-state index contributed by atoms with van der Waals surface area (Å²) in [4.78, 5) is 14.1. The number of rotatable bonds is 3. The van der Waals surface area contributed by atoms with Gasteiger partial charge < -0.3 is 14.7 Å². The summed E-state index contributed by atoms with van der Waals surface area (Å²) in [5, 5.41) is 14.0. The van der Waals surface area contributed by atoms with E-state index in [2.05, 4.69) is 5.10 Å². The molecule has 128 valence electrons. The minimum Gasteiger partial charge on any atom is -0.481 e. The Morgan fingerprint density at radius 3 is 2.71 bits per heavy atom. The number of benzene rings is 1. The lowest BCUT2D eigenvalue weighted by Crippen LogP contribution is -2.32. The summed E-state index contributed by atoms with van der Waals surface area (Å²) >= 11 is 0. The van der Waals surface area contributed by atoms with Gasteiger partial charge in [0, 0.05) is 19.7 Å². The van der Waals surface area contributed by atoms with Crippen molar-refractivity contribution in [2.45, 2.75) is 18.6 Å². The lowest BCUT2D eigenvalue weighted by molar-refractivity contribution is 0.0709. The molecule has 1 N–H and O–H groups in total. The van der Waals surface area contributed by atoms with Crippen LogP contribution in [0.25, 0.3) is 0 Å². The first-order chi connectivity index (χ1) is 11.4. The van der Waals surface area contributed by atoms with Crippen LogP contribution in [0.3, 0.4) is 0 Å². The average molecular weight is 337 g/mol. The third-order valence-corrected chi connectivity index (χ3v) is 4.13. The van der Waals surface area contributed by atoms with Gasteiger partial charge in [-0.3, -0.25) is 4.79 Å². The maximum atomic E-state index is 13.5. The zero-order valence-electron chi connectivity index (χ0n) is 13.2. The predicted octanol–water partition coefficient (Wildman–Crippen LogP) is 1.66. The van der Waals surface area contributed by atoms with Crippen LogP contribution in [0.15, 0.2) is 24.3 Å². The number of methoxy groups -OCH3 is 1. The van der Waals surface area contributed by atoms with Gasteiger partial charge in [0.05, 0.1) is 19.3 Å². The monoisotopic (exact) mass is 337 g/mol. The van der Waals surface area contributed by atoms with E-state index < -0.39 is 29.7 Å². The van der Waals surface area contributed by atoms with Crippen LogP contribution in [0, 0.1) is 11.6 Å². The number of ether oxygens (including phenoxy) is 1. The topological polar surface area (TPSA) is 67.6 Å². The third-order valence-electron chi connectivity index (χ3n) is 4.13. The Labute approximate surface area is 137 Å². The van der Waals surface area contributed by atoms with Crippen LogP contribution in [-0.2, 0) is 7.05 Å². The number of aromatic nitrogens is 2. The molecule has 0 saturated carbocycles. The zero-order chi connectivity index (χ0) is 17.4. The maximum absolute atomic E-state index is 13.5. The highest BCUT2D eigenvalue weighted by Gasteiger charge is 2.37. The van der Waals surface area contributed by atoms with Crippen LogP contribution in [0.2, 0.25) is 0 Å². The van der Waals surface area contributed by atoms with Crippen LogP contribution < -0.4 is 4.74 Å². The predicted molar refractivity (Wildman–Crippen MR) is 80.5 cm³/mol. The molecule has 0 unspecified atom stereocenters. The first-order valence-electron chi connectivity index (χ1n) is 7.42. The van der Waals surface area contributed by atoms with Gasteiger partial charge in [-0.05, 0) is 24.1 Å². The van der Waals surface area contributed by atoms with Crippen LogP contribution in [0.1, 0.15) is 28.5 Å². The fraction of sp³-hybridized carbons (Fsp3) is 0.375. The van der Waals surface area contributed by atoms with Crippen molar-refractivity contribution in [3.05, 3.63) is 47.2 Å². The molecule has 2 aromatic rings. The molecule has 1 saturated heterocycles. The van der Waals surface area contributed by atoms with Gasteiger partial charge in [-0.15, -0.1) is 0 Å². The number of carbonyl (C=O) groups is 1. The van der Waals surface area contributed by atoms with Crippen molar-refractivity contribution >= 4 is 5.91 Å². The van der Waals surface area contributed by atoms with E-state index in [0.717, 1.165) is 12.1 Å². The molecule has 24 heavy (non-hydrogen) atoms. The van der Waals surface area contributed by atoms with Crippen molar-refractivity contribution in [1.82, 2.24) is 14.7 Å². The molecule has 2 atom stereocenters. The third kappa shape index (κ3) is 2.84. The molecule has 1 aliphatic rings. The number of likely N-dealkylation sites (tertiary alicyclic amines) is 1. The Balaban J connectivity index is 1.92. The molecule has 0 radical (unpaired) electrons. The van der Waals surface area contributed by atoms with Crippen LogP contribution >= 0.6 is 0 Å². The highest BCUT2D eigenvalue weighted by atomic mass is 19.2. The first kappa shape index (κ1) is 16.4. The Hall–Kier alpha value is -2.48. The van der Waals surface area contributed by atoms with E-state index in [1.165, 1.54) is 28.8 Å². The Morgan fingerprint density at radius 2 is 2.08 bits per heavy atom. The molecule has 8 heteroatoms. The molecule has 0 aliphatic carbocycles. The Kier molecular flexibility index (Phi) is 4.23. The second kappa shape index (κ2) is 6.20. The summed E-state index contributed by atoms with van der Waals surface area (Å²) in [7, 11) is 3.11. The lowest BCUT2D eigenvalue weighted by Gasteiger charge is -2.24. The van der Waals surface area contributed by atoms with Gasteiger partial charge >= 0.3 is 0 Å². The van der Waals surface area contributed by atoms with Gasteiger partial charge in [0.15, 0.2) is 17.3 Å². The molecular formula is C16H17F2N3O3. The quantitative estimate of drug-likeness (QED) is 0.925.